The zero-order chi connectivity index (χ0) is 17.9. The van der Waals surface area contributed by atoms with Crippen molar-refractivity contribution in [3.05, 3.63) is 70.4 Å². The summed E-state index contributed by atoms with van der Waals surface area (Å²) in [5.74, 6) is 0. The number of nitrogens with one attached hydrogen (secondary N) is 3. The monoisotopic (exact) mass is 369 g/mol. The van der Waals surface area contributed by atoms with Crippen LogP contribution in [0.25, 0.3) is 10.9 Å². The van der Waals surface area contributed by atoms with Gasteiger partial charge in [0, 0.05) is 28.2 Å². The van der Waals surface area contributed by atoms with E-state index in [1.54, 1.807) is 0 Å². The molecule has 3 N–H and O–H groups in total. The first-order valence-corrected chi connectivity index (χ1v) is 9.06. The predicted octanol–water partition coefficient (Wildman–Crippen LogP) is 3.93. The number of rotatable bonds is 4. The van der Waals surface area contributed by atoms with Gasteiger partial charge in [-0.1, -0.05) is 41.9 Å². The lowest BCUT2D eigenvalue weighted by Gasteiger charge is -2.24. The summed E-state index contributed by atoms with van der Waals surface area (Å²) in [6.45, 7) is 1.58. The molecule has 26 heavy (non-hydrogen) atoms. The summed E-state index contributed by atoms with van der Waals surface area (Å²) in [6, 6.07) is 15.5. The van der Waals surface area contributed by atoms with E-state index in [2.05, 4.69) is 15.6 Å². The lowest BCUT2D eigenvalue weighted by molar-refractivity contribution is 0.138. The van der Waals surface area contributed by atoms with Crippen LogP contribution in [0.3, 0.4) is 0 Å². The van der Waals surface area contributed by atoms with Crippen molar-refractivity contribution in [1.29, 1.82) is 0 Å². The molecule has 0 fully saturated rings. The molecule has 2 heterocycles. The maximum absolute atomic E-state index is 12.0. The second-order valence-corrected chi connectivity index (χ2v) is 6.84. The average molecular weight is 370 g/mol. The fourth-order valence-corrected chi connectivity index (χ4v) is 3.59. The third-order valence-electron chi connectivity index (χ3n) is 4.68. The largest absolute Gasteiger partial charge is 0.445 e. The van der Waals surface area contributed by atoms with Crippen LogP contribution in [0.5, 0.6) is 0 Å². The van der Waals surface area contributed by atoms with Gasteiger partial charge in [0.2, 0.25) is 0 Å². The van der Waals surface area contributed by atoms with Crippen molar-refractivity contribution in [3.8, 4) is 0 Å². The van der Waals surface area contributed by atoms with Crippen LogP contribution >= 0.6 is 11.6 Å². The number of carbonyl (C=O) groups excluding carboxylic acids is 1. The highest BCUT2D eigenvalue weighted by atomic mass is 35.5. The normalized spacial score (nSPS) is 16.3. The number of fused-ring (bicyclic) bond motifs is 3. The van der Waals surface area contributed by atoms with Crippen LogP contribution in [0.15, 0.2) is 48.5 Å². The minimum atomic E-state index is -0.415. The average Bonchev–Trinajstić information content (AvgIpc) is 3.04. The van der Waals surface area contributed by atoms with Gasteiger partial charge in [-0.3, -0.25) is 0 Å². The summed E-state index contributed by atoms with van der Waals surface area (Å²) in [5, 5.41) is 8.19. The van der Waals surface area contributed by atoms with Gasteiger partial charge >= 0.3 is 6.09 Å². The van der Waals surface area contributed by atoms with Gasteiger partial charge in [0.25, 0.3) is 0 Å². The topological polar surface area (TPSA) is 66.2 Å². The first-order chi connectivity index (χ1) is 12.7. The summed E-state index contributed by atoms with van der Waals surface area (Å²) in [7, 11) is 0. The zero-order valence-corrected chi connectivity index (χ0v) is 15.0. The Morgan fingerprint density at radius 3 is 2.92 bits per heavy atom. The van der Waals surface area contributed by atoms with Crippen molar-refractivity contribution >= 4 is 28.6 Å². The van der Waals surface area contributed by atoms with Crippen molar-refractivity contribution < 1.29 is 9.53 Å². The Balaban J connectivity index is 1.40. The SMILES string of the molecule is O=C(NCC1NCCc2c1[nH]c1ccc(Cl)cc21)OCc1ccccc1. The van der Waals surface area contributed by atoms with E-state index in [4.69, 9.17) is 16.3 Å². The van der Waals surface area contributed by atoms with Gasteiger partial charge in [-0.05, 0) is 42.3 Å². The molecule has 0 aliphatic carbocycles. The van der Waals surface area contributed by atoms with Crippen LogP contribution in [-0.4, -0.2) is 24.2 Å². The fraction of sp³-hybridized carbons (Fsp3) is 0.250. The van der Waals surface area contributed by atoms with Gasteiger partial charge in [-0.15, -0.1) is 0 Å². The van der Waals surface area contributed by atoms with E-state index < -0.39 is 6.09 Å². The van der Waals surface area contributed by atoms with Crippen molar-refractivity contribution in [2.24, 2.45) is 0 Å². The maximum atomic E-state index is 12.0. The molecule has 1 amide bonds. The number of ether oxygens (including phenoxy) is 1. The lowest BCUT2D eigenvalue weighted by Crippen LogP contribution is -2.39. The number of hydrogen-bond donors (Lipinski definition) is 3. The molecule has 2 aromatic carbocycles. The summed E-state index contributed by atoms with van der Waals surface area (Å²) >= 11 is 6.14. The van der Waals surface area contributed by atoms with E-state index >= 15 is 0 Å². The molecule has 5 nitrogen and oxygen atoms in total. The lowest BCUT2D eigenvalue weighted by atomic mass is 9.99. The number of carbonyl (C=O) groups is 1. The van der Waals surface area contributed by atoms with Gasteiger partial charge in [0.05, 0.1) is 6.04 Å². The van der Waals surface area contributed by atoms with Crippen LogP contribution in [-0.2, 0) is 17.8 Å². The van der Waals surface area contributed by atoms with Gasteiger partial charge in [0.15, 0.2) is 0 Å². The highest BCUT2D eigenvalue weighted by Crippen LogP contribution is 2.31. The molecule has 1 aliphatic heterocycles. The van der Waals surface area contributed by atoms with Gasteiger partial charge < -0.3 is 20.4 Å². The Morgan fingerprint density at radius 1 is 1.23 bits per heavy atom. The van der Waals surface area contributed by atoms with Gasteiger partial charge in [-0.25, -0.2) is 4.79 Å². The van der Waals surface area contributed by atoms with Crippen LogP contribution in [0.1, 0.15) is 22.9 Å². The number of benzene rings is 2. The molecule has 6 heteroatoms. The Labute approximate surface area is 156 Å². The third-order valence-corrected chi connectivity index (χ3v) is 4.91. The summed E-state index contributed by atoms with van der Waals surface area (Å²) < 4.78 is 5.28. The highest BCUT2D eigenvalue weighted by Gasteiger charge is 2.24. The number of H-pyrrole nitrogens is 1. The van der Waals surface area contributed by atoms with Crippen LogP contribution in [0.2, 0.25) is 5.02 Å². The van der Waals surface area contributed by atoms with E-state index in [1.165, 1.54) is 5.56 Å². The smallest absolute Gasteiger partial charge is 0.407 e. The van der Waals surface area contributed by atoms with Crippen molar-refractivity contribution in [1.82, 2.24) is 15.6 Å². The molecule has 1 unspecified atom stereocenters. The van der Waals surface area contributed by atoms with Crippen LogP contribution in [0.4, 0.5) is 4.79 Å². The Bertz CT molecular complexity index is 923. The fourth-order valence-electron chi connectivity index (χ4n) is 3.41. The first-order valence-electron chi connectivity index (χ1n) is 8.68. The van der Waals surface area contributed by atoms with Crippen LogP contribution in [0, 0.1) is 0 Å². The zero-order valence-electron chi connectivity index (χ0n) is 14.2. The van der Waals surface area contributed by atoms with E-state index in [-0.39, 0.29) is 12.6 Å². The summed E-state index contributed by atoms with van der Waals surface area (Å²) in [4.78, 5) is 15.5. The number of amides is 1. The number of alkyl carbamates (subject to hydrolysis) is 1. The molecular formula is C20H20ClN3O2. The number of hydrogen-bond acceptors (Lipinski definition) is 3. The number of halogens is 1. The quantitative estimate of drug-likeness (QED) is 0.652. The third kappa shape index (κ3) is 3.54. The standard InChI is InChI=1S/C20H20ClN3O2/c21-14-6-7-17-16(10-14)15-8-9-22-18(19(15)24-17)11-23-20(25)26-12-13-4-2-1-3-5-13/h1-7,10,18,22,24H,8-9,11-12H2,(H,23,25). The second kappa shape index (κ2) is 7.40. The highest BCUT2D eigenvalue weighted by molar-refractivity contribution is 6.31. The molecule has 0 saturated carbocycles. The molecule has 0 radical (unpaired) electrons. The van der Waals surface area contributed by atoms with Crippen molar-refractivity contribution in [2.45, 2.75) is 19.1 Å². The molecule has 4 rings (SSSR count). The summed E-state index contributed by atoms with van der Waals surface area (Å²) in [6.07, 6.45) is 0.520. The number of aromatic nitrogens is 1. The summed E-state index contributed by atoms with van der Waals surface area (Å²) in [5.41, 5.74) is 4.41. The van der Waals surface area contributed by atoms with Crippen molar-refractivity contribution in [2.75, 3.05) is 13.1 Å². The van der Waals surface area contributed by atoms with E-state index in [1.807, 2.05) is 48.5 Å². The van der Waals surface area contributed by atoms with E-state index in [0.29, 0.717) is 6.54 Å². The molecule has 1 aliphatic rings. The molecule has 1 aromatic heterocycles. The molecule has 1 atom stereocenters. The molecular weight excluding hydrogens is 350 g/mol. The maximum Gasteiger partial charge on any atom is 0.407 e. The van der Waals surface area contributed by atoms with E-state index in [9.17, 15) is 4.79 Å². The molecule has 134 valence electrons. The number of aromatic amines is 1. The Kier molecular flexibility index (Phi) is 4.82. The second-order valence-electron chi connectivity index (χ2n) is 6.41. The Hall–Kier alpha value is -2.50. The molecule has 0 bridgehead atoms. The van der Waals surface area contributed by atoms with Gasteiger partial charge in [-0.2, -0.15) is 0 Å². The van der Waals surface area contributed by atoms with Crippen molar-refractivity contribution in [3.63, 3.8) is 0 Å². The molecule has 0 spiro atoms. The van der Waals surface area contributed by atoms with E-state index in [0.717, 1.165) is 40.1 Å². The van der Waals surface area contributed by atoms with Gasteiger partial charge in [0.1, 0.15) is 6.61 Å². The predicted molar refractivity (Wildman–Crippen MR) is 102 cm³/mol. The minimum absolute atomic E-state index is 0.0224. The first kappa shape index (κ1) is 16.9. The molecule has 0 saturated heterocycles. The van der Waals surface area contributed by atoms with Crippen LogP contribution < -0.4 is 10.6 Å². The molecule has 3 aromatic rings. The Morgan fingerprint density at radius 2 is 2.08 bits per heavy atom. The minimum Gasteiger partial charge on any atom is -0.445 e.